The van der Waals surface area contributed by atoms with Gasteiger partial charge in [0.2, 0.25) is 0 Å². The largest absolute Gasteiger partial charge is 0.310 e. The van der Waals surface area contributed by atoms with Crippen molar-refractivity contribution in [2.45, 2.75) is 45.4 Å². The second-order valence-electron chi connectivity index (χ2n) is 16.3. The minimum absolute atomic E-state index is 0.101. The van der Waals surface area contributed by atoms with E-state index in [-0.39, 0.29) is 10.8 Å². The number of pyridine rings is 2. The molecular weight excluding hydrogens is 717 g/mol. The summed E-state index contributed by atoms with van der Waals surface area (Å²) in [5.74, 6) is 0. The summed E-state index contributed by atoms with van der Waals surface area (Å²) in [4.78, 5) is 14.7. The van der Waals surface area contributed by atoms with Crippen LogP contribution in [0.1, 0.15) is 56.9 Å². The third-order valence-corrected chi connectivity index (χ3v) is 12.0. The van der Waals surface area contributed by atoms with E-state index in [2.05, 4.69) is 202 Å². The maximum Gasteiger partial charge on any atom is 0.0781 e. The third-order valence-electron chi connectivity index (χ3n) is 12.0. The van der Waals surface area contributed by atoms with Crippen LogP contribution in [0.5, 0.6) is 0 Å². The Labute approximate surface area is 348 Å². The third kappa shape index (κ3) is 6.33. The van der Waals surface area contributed by atoms with Crippen LogP contribution >= 0.6 is 0 Å². The zero-order chi connectivity index (χ0) is 40.7. The Balaban J connectivity index is 0.00000145. The summed E-state index contributed by atoms with van der Waals surface area (Å²) in [5, 5.41) is 0. The number of para-hydroxylation sites is 4. The molecule has 0 aliphatic carbocycles. The number of aromatic nitrogens is 2. The second kappa shape index (κ2) is 15.0. The van der Waals surface area contributed by atoms with Crippen LogP contribution in [0.4, 0.5) is 34.1 Å². The van der Waals surface area contributed by atoms with E-state index in [4.69, 9.17) is 9.97 Å². The molecule has 0 saturated carbocycles. The molecule has 0 fully saturated rings. The van der Waals surface area contributed by atoms with Gasteiger partial charge in [-0.1, -0.05) is 143 Å². The van der Waals surface area contributed by atoms with Crippen LogP contribution in [-0.4, -0.2) is 9.97 Å². The normalized spacial score (nSPS) is 14.1. The Hall–Kier alpha value is -7.04. The lowest BCUT2D eigenvalue weighted by molar-refractivity contribution is 0.632. The van der Waals surface area contributed by atoms with Crippen LogP contribution in [0.15, 0.2) is 195 Å². The average Bonchev–Trinajstić information content (AvgIpc) is 3.27. The number of allylic oxidation sites excluding steroid dienone is 1. The first kappa shape index (κ1) is 37.5. The van der Waals surface area contributed by atoms with Gasteiger partial charge in [-0.25, -0.2) is 0 Å². The number of fused-ring (bicyclic) bond motifs is 4. The first-order valence-electron chi connectivity index (χ1n) is 20.4. The van der Waals surface area contributed by atoms with Crippen molar-refractivity contribution in [3.05, 3.63) is 217 Å². The molecule has 0 unspecified atom stereocenters. The maximum atomic E-state index is 4.97. The number of hydrogen-bond donors (Lipinski definition) is 0. The van der Waals surface area contributed by atoms with Gasteiger partial charge < -0.3 is 9.80 Å². The van der Waals surface area contributed by atoms with E-state index in [1.807, 2.05) is 31.5 Å². The zero-order valence-corrected chi connectivity index (χ0v) is 34.4. The van der Waals surface area contributed by atoms with Gasteiger partial charge in [0.05, 0.1) is 34.1 Å². The quantitative estimate of drug-likeness (QED) is 0.163. The van der Waals surface area contributed by atoms with E-state index >= 15 is 0 Å². The van der Waals surface area contributed by atoms with E-state index in [0.29, 0.717) is 0 Å². The van der Waals surface area contributed by atoms with Crippen LogP contribution in [0.2, 0.25) is 0 Å². The van der Waals surface area contributed by atoms with Crippen molar-refractivity contribution in [2.24, 2.45) is 0 Å². The summed E-state index contributed by atoms with van der Waals surface area (Å²) in [6.45, 7) is 14.5. The molecule has 0 atom stereocenters. The molecule has 288 valence electrons. The van der Waals surface area contributed by atoms with E-state index in [0.717, 1.165) is 45.0 Å². The van der Waals surface area contributed by atoms with Crippen molar-refractivity contribution in [1.82, 2.24) is 9.97 Å². The van der Waals surface area contributed by atoms with Crippen LogP contribution in [0, 0.1) is 0 Å². The molecule has 0 radical (unpaired) electrons. The minimum Gasteiger partial charge on any atom is -0.310 e. The van der Waals surface area contributed by atoms with Gasteiger partial charge in [0, 0.05) is 56.9 Å². The molecule has 8 aromatic rings. The van der Waals surface area contributed by atoms with Crippen molar-refractivity contribution in [2.75, 3.05) is 9.80 Å². The number of anilines is 6. The van der Waals surface area contributed by atoms with Crippen LogP contribution in [0.3, 0.4) is 0 Å². The van der Waals surface area contributed by atoms with E-state index in [9.17, 15) is 0 Å². The van der Waals surface area contributed by atoms with Gasteiger partial charge in [0.15, 0.2) is 0 Å². The van der Waals surface area contributed by atoms with Gasteiger partial charge >= 0.3 is 0 Å². The highest BCUT2D eigenvalue weighted by Gasteiger charge is 2.37. The molecule has 0 spiro atoms. The Morgan fingerprint density at radius 2 is 0.695 bits per heavy atom. The maximum absolute atomic E-state index is 4.97. The van der Waals surface area contributed by atoms with Crippen molar-refractivity contribution >= 4 is 34.1 Å². The molecule has 0 N–H and O–H groups in total. The fourth-order valence-electron chi connectivity index (χ4n) is 9.14. The highest BCUT2D eigenvalue weighted by molar-refractivity contribution is 5.92. The molecule has 6 aromatic carbocycles. The molecule has 0 amide bonds. The molecule has 2 aliphatic rings. The lowest BCUT2D eigenvalue weighted by Gasteiger charge is -2.42. The predicted molar refractivity (Wildman–Crippen MR) is 248 cm³/mol. The van der Waals surface area contributed by atoms with Crippen LogP contribution in [-0.2, 0) is 10.8 Å². The smallest absolute Gasteiger partial charge is 0.0781 e. The van der Waals surface area contributed by atoms with Crippen molar-refractivity contribution < 1.29 is 0 Å². The van der Waals surface area contributed by atoms with Crippen molar-refractivity contribution in [3.8, 4) is 33.6 Å². The molecule has 2 aliphatic heterocycles. The number of rotatable bonds is 5. The summed E-state index contributed by atoms with van der Waals surface area (Å²) < 4.78 is 0. The summed E-state index contributed by atoms with van der Waals surface area (Å²) in [6, 6.07) is 61.2. The topological polar surface area (TPSA) is 32.3 Å². The number of hydrogen-bond acceptors (Lipinski definition) is 4. The van der Waals surface area contributed by atoms with Gasteiger partial charge in [0.25, 0.3) is 0 Å². The summed E-state index contributed by atoms with van der Waals surface area (Å²) in [7, 11) is 0. The lowest BCUT2D eigenvalue weighted by atomic mass is 9.73. The molecule has 2 aromatic heterocycles. The van der Waals surface area contributed by atoms with E-state index in [1.54, 1.807) is 6.08 Å². The molecule has 4 heterocycles. The Bertz CT molecular complexity index is 2520. The molecule has 0 bridgehead atoms. The van der Waals surface area contributed by atoms with Crippen molar-refractivity contribution in [1.29, 1.82) is 0 Å². The predicted octanol–water partition coefficient (Wildman–Crippen LogP) is 14.9. The Kier molecular flexibility index (Phi) is 9.57. The summed E-state index contributed by atoms with van der Waals surface area (Å²) in [6.07, 6.45) is 5.51. The minimum atomic E-state index is -0.101. The molecular formula is C55H48N4. The summed E-state index contributed by atoms with van der Waals surface area (Å²) >= 11 is 0. The van der Waals surface area contributed by atoms with Crippen molar-refractivity contribution in [3.63, 3.8) is 0 Å². The SMILES string of the molecule is C=CC.CC1(C)c2ccccc2N(c2ccc(-c3ncccc3-c3cccnc3-c3ccc(N4c5ccccc5C(C)(C)c5ccccc54)cc3)cc2)c2ccccc21. The fourth-order valence-corrected chi connectivity index (χ4v) is 9.14. The summed E-state index contributed by atoms with van der Waals surface area (Å²) in [5.41, 5.74) is 18.2. The first-order valence-corrected chi connectivity index (χ1v) is 20.4. The molecule has 4 nitrogen and oxygen atoms in total. The average molecular weight is 765 g/mol. The molecule has 4 heteroatoms. The van der Waals surface area contributed by atoms with Gasteiger partial charge in [-0.15, -0.1) is 6.58 Å². The fraction of sp³-hybridized carbons (Fsp3) is 0.127. The first-order chi connectivity index (χ1) is 28.7. The highest BCUT2D eigenvalue weighted by atomic mass is 15.2. The van der Waals surface area contributed by atoms with Gasteiger partial charge in [-0.2, -0.15) is 0 Å². The Morgan fingerprint density at radius 3 is 1.00 bits per heavy atom. The van der Waals surface area contributed by atoms with Gasteiger partial charge in [-0.05, 0) is 89.8 Å². The molecule has 10 rings (SSSR count). The second-order valence-corrected chi connectivity index (χ2v) is 16.3. The standard InChI is InChI=1S/C52H42N4.C3H6/c1-51(2)41-17-5-9-21-45(41)55(46-22-10-6-18-42(46)51)37-29-25-35(26-30-37)49-39(15-13-33-53-49)40-16-14-34-54-50(40)36-27-31-38(32-28-36)56-47-23-11-7-19-43(47)52(3,4)44-20-8-12-24-48(44)56;1-3-2/h5-34H,1-4H3;3H,1H2,2H3. The number of nitrogens with zero attached hydrogens (tertiary/aromatic N) is 4. The number of benzene rings is 6. The monoisotopic (exact) mass is 764 g/mol. The Morgan fingerprint density at radius 1 is 0.407 bits per heavy atom. The van der Waals surface area contributed by atoms with Crippen LogP contribution < -0.4 is 9.80 Å². The van der Waals surface area contributed by atoms with Gasteiger partial charge in [0.1, 0.15) is 0 Å². The van der Waals surface area contributed by atoms with E-state index < -0.39 is 0 Å². The zero-order valence-electron chi connectivity index (χ0n) is 34.4. The molecule has 0 saturated heterocycles. The van der Waals surface area contributed by atoms with E-state index in [1.165, 1.54) is 45.0 Å². The highest BCUT2D eigenvalue weighted by Crippen LogP contribution is 2.53. The van der Waals surface area contributed by atoms with Crippen LogP contribution in [0.25, 0.3) is 33.6 Å². The lowest BCUT2D eigenvalue weighted by Crippen LogP contribution is -2.30. The van der Waals surface area contributed by atoms with Gasteiger partial charge in [-0.3, -0.25) is 9.97 Å². The molecule has 59 heavy (non-hydrogen) atoms.